The monoisotopic (exact) mass is 804 g/mol. The predicted molar refractivity (Wildman–Crippen MR) is 219 cm³/mol. The molecular formula is C39H52N10O7S. The molecule has 1 saturated heterocycles. The largest absolute Gasteiger partial charge is 0.508 e. The number of likely N-dealkylation sites (N-methyl/N-ethyl adjacent to an activating group) is 2. The predicted octanol–water partition coefficient (Wildman–Crippen LogP) is -0.115. The number of thiol groups is 1. The Morgan fingerprint density at radius 1 is 0.737 bits per heavy atom. The third kappa shape index (κ3) is 12.5. The first-order valence-electron chi connectivity index (χ1n) is 18.6. The number of amides is 7. The molecule has 1 aliphatic rings. The molecule has 0 bridgehead atoms. The number of guanidine groups is 1. The van der Waals surface area contributed by atoms with Gasteiger partial charge in [0.25, 0.3) is 0 Å². The zero-order valence-corrected chi connectivity index (χ0v) is 32.9. The van der Waals surface area contributed by atoms with Crippen LogP contribution in [0.3, 0.4) is 0 Å². The molecule has 0 radical (unpaired) electrons. The van der Waals surface area contributed by atoms with E-state index in [1.54, 1.807) is 12.1 Å². The van der Waals surface area contributed by atoms with Gasteiger partial charge in [-0.05, 0) is 59.7 Å². The van der Waals surface area contributed by atoms with E-state index in [4.69, 9.17) is 17.2 Å². The maximum Gasteiger partial charge on any atom is 0.312 e. The minimum absolute atomic E-state index is 0.000389. The van der Waals surface area contributed by atoms with Crippen molar-refractivity contribution in [3.05, 3.63) is 77.9 Å². The van der Waals surface area contributed by atoms with Crippen molar-refractivity contribution in [3.8, 4) is 5.75 Å². The van der Waals surface area contributed by atoms with Crippen molar-refractivity contribution >= 4 is 64.9 Å². The number of phenolic OH excluding ortho intramolecular Hbond substituents is 1. The average molecular weight is 805 g/mol. The van der Waals surface area contributed by atoms with Crippen LogP contribution in [0.4, 0.5) is 4.79 Å². The molecule has 0 saturated carbocycles. The van der Waals surface area contributed by atoms with E-state index in [2.05, 4.69) is 38.9 Å². The zero-order valence-electron chi connectivity index (χ0n) is 32.0. The molecule has 0 aromatic heterocycles. The van der Waals surface area contributed by atoms with E-state index in [0.29, 0.717) is 5.56 Å². The Labute approximate surface area is 336 Å². The first-order chi connectivity index (χ1) is 27.2. The third-order valence-electron chi connectivity index (χ3n) is 9.80. The molecule has 1 fully saturated rings. The Balaban J connectivity index is 1.80. The van der Waals surface area contributed by atoms with Gasteiger partial charge in [-0.25, -0.2) is 4.79 Å². The smallest absolute Gasteiger partial charge is 0.312 e. The summed E-state index contributed by atoms with van der Waals surface area (Å²) in [5.41, 5.74) is 17.6. The number of urea groups is 1. The molecule has 5 atom stereocenters. The van der Waals surface area contributed by atoms with Crippen LogP contribution in [-0.4, -0.2) is 120 Å². The van der Waals surface area contributed by atoms with Crippen LogP contribution < -0.4 is 38.5 Å². The van der Waals surface area contributed by atoms with Gasteiger partial charge in [0.1, 0.15) is 36.0 Å². The minimum Gasteiger partial charge on any atom is -0.508 e. The summed E-state index contributed by atoms with van der Waals surface area (Å²) in [6.45, 7) is 0.231. The number of nitrogens with one attached hydrogen (secondary N) is 4. The van der Waals surface area contributed by atoms with Crippen molar-refractivity contribution in [3.63, 3.8) is 0 Å². The van der Waals surface area contributed by atoms with Crippen molar-refractivity contribution < 1.29 is 33.9 Å². The molecule has 3 aromatic rings. The van der Waals surface area contributed by atoms with Crippen LogP contribution in [0.1, 0.15) is 36.8 Å². The minimum atomic E-state index is -1.25. The fourth-order valence-corrected chi connectivity index (χ4v) is 7.05. The lowest BCUT2D eigenvalue weighted by Gasteiger charge is -2.33. The van der Waals surface area contributed by atoms with Crippen LogP contribution in [-0.2, 0) is 36.8 Å². The fourth-order valence-electron chi connectivity index (χ4n) is 6.64. The molecule has 3 aromatic carbocycles. The number of carbonyl (C=O) groups is 6. The number of primary amides is 1. The molecule has 11 N–H and O–H groups in total. The lowest BCUT2D eigenvalue weighted by atomic mass is 9.99. The van der Waals surface area contributed by atoms with E-state index in [1.165, 1.54) is 36.0 Å². The van der Waals surface area contributed by atoms with Gasteiger partial charge in [-0.3, -0.25) is 29.0 Å². The van der Waals surface area contributed by atoms with Gasteiger partial charge in [0.2, 0.25) is 29.5 Å². The van der Waals surface area contributed by atoms with Gasteiger partial charge >= 0.3 is 6.03 Å². The highest BCUT2D eigenvalue weighted by Gasteiger charge is 2.38. The van der Waals surface area contributed by atoms with E-state index < -0.39 is 65.8 Å². The first kappa shape index (κ1) is 43.7. The SMILES string of the molecule is CN1C(=O)[C@H](Cc2ccc3ccccc3c2)NC(=O)[C@H](CCCNC(N)=O)N(C)C(=O)[C@H](CCCN=C(N)N)NC(=O)[C@@H](Cc2ccc(O)cc2)NC(=O)[C@H]1CS. The molecule has 306 valence electrons. The molecular weight excluding hydrogens is 753 g/mol. The maximum absolute atomic E-state index is 14.4. The number of carbonyl (C=O) groups excluding carboxylic acids is 6. The molecule has 7 amide bonds. The van der Waals surface area contributed by atoms with Crippen LogP contribution in [0.25, 0.3) is 10.8 Å². The Bertz CT molecular complexity index is 1940. The van der Waals surface area contributed by atoms with Crippen LogP contribution in [0.5, 0.6) is 5.75 Å². The van der Waals surface area contributed by atoms with Crippen molar-refractivity contribution in [2.45, 2.75) is 68.7 Å². The molecule has 17 nitrogen and oxygen atoms in total. The van der Waals surface area contributed by atoms with Gasteiger partial charge in [0.05, 0.1) is 0 Å². The molecule has 18 heteroatoms. The summed E-state index contributed by atoms with van der Waals surface area (Å²) in [7, 11) is 2.84. The summed E-state index contributed by atoms with van der Waals surface area (Å²) in [5, 5.41) is 22.6. The van der Waals surface area contributed by atoms with Crippen LogP contribution in [0.15, 0.2) is 71.7 Å². The highest BCUT2D eigenvalue weighted by atomic mass is 32.1. The number of nitrogens with zero attached hydrogens (tertiary/aromatic N) is 3. The number of rotatable bonds is 13. The number of hydrogen-bond acceptors (Lipinski definition) is 9. The number of nitrogens with two attached hydrogens (primary N) is 3. The Kier molecular flexibility index (Phi) is 15.9. The average Bonchev–Trinajstić information content (AvgIpc) is 3.18. The van der Waals surface area contributed by atoms with Gasteiger partial charge < -0.3 is 53.4 Å². The number of aliphatic imine (C=N–C) groups is 1. The van der Waals surface area contributed by atoms with Crippen LogP contribution in [0.2, 0.25) is 0 Å². The third-order valence-corrected chi connectivity index (χ3v) is 10.1. The number of phenols is 1. The molecule has 0 unspecified atom stereocenters. The number of benzene rings is 3. The van der Waals surface area contributed by atoms with Gasteiger partial charge in [0.15, 0.2) is 5.96 Å². The summed E-state index contributed by atoms with van der Waals surface area (Å²) in [6.07, 6.45) is 0.557. The quantitative estimate of drug-likeness (QED) is 0.0482. The van der Waals surface area contributed by atoms with Gasteiger partial charge in [-0.2, -0.15) is 12.6 Å². The van der Waals surface area contributed by atoms with E-state index in [1.807, 2.05) is 42.5 Å². The summed E-state index contributed by atoms with van der Waals surface area (Å²) >= 11 is 4.41. The molecule has 4 rings (SSSR count). The van der Waals surface area contributed by atoms with Crippen molar-refractivity contribution in [1.29, 1.82) is 0 Å². The molecule has 1 aliphatic heterocycles. The molecule has 1 heterocycles. The Morgan fingerprint density at radius 2 is 1.32 bits per heavy atom. The van der Waals surface area contributed by atoms with Gasteiger partial charge in [0, 0.05) is 45.8 Å². The van der Waals surface area contributed by atoms with Gasteiger partial charge in [-0.1, -0.05) is 54.6 Å². The van der Waals surface area contributed by atoms with E-state index in [-0.39, 0.29) is 69.1 Å². The summed E-state index contributed by atoms with van der Waals surface area (Å²) in [6, 6.07) is 12.6. The van der Waals surface area contributed by atoms with Crippen molar-refractivity contribution in [1.82, 2.24) is 31.1 Å². The number of fused-ring (bicyclic) bond motifs is 1. The summed E-state index contributed by atoms with van der Waals surface area (Å²) in [4.78, 5) is 89.2. The number of aromatic hydroxyl groups is 1. The topological polar surface area (TPSA) is 268 Å². The fraction of sp³-hybridized carbons (Fsp3) is 0.410. The van der Waals surface area contributed by atoms with Crippen molar-refractivity contribution in [2.75, 3.05) is 32.9 Å². The maximum atomic E-state index is 14.4. The van der Waals surface area contributed by atoms with Gasteiger partial charge in [-0.15, -0.1) is 0 Å². The summed E-state index contributed by atoms with van der Waals surface area (Å²) in [5.74, 6) is -3.62. The second-order valence-corrected chi connectivity index (χ2v) is 14.3. The van der Waals surface area contributed by atoms with Crippen LogP contribution >= 0.6 is 12.6 Å². The second kappa shape index (κ2) is 20.8. The lowest BCUT2D eigenvalue weighted by Crippen LogP contribution is -2.59. The standard InChI is InChI=1S/C39H52N10O7S/c1-48-31(10-6-18-44-39(42)56)34(52)47-30(21-24-11-14-25-7-3-4-8-26(25)19-24)37(55)49(2)32(22-57)35(53)46-29(20-23-12-15-27(50)16-13-23)33(51)45-28(36(48)54)9-5-17-43-38(40)41/h3-4,7-8,11-16,19,28-32,50,57H,5-6,9-10,17-18,20-22H2,1-2H3,(H,45,51)(H,46,53)(H,47,52)(H4,40,41,43)(H3,42,44,56)/t28-,29+,30-,31-,32+/m0/s1. The Morgan fingerprint density at radius 3 is 1.98 bits per heavy atom. The lowest BCUT2D eigenvalue weighted by molar-refractivity contribution is -0.144. The Hall–Kier alpha value is -6.04. The molecule has 0 spiro atoms. The second-order valence-electron chi connectivity index (χ2n) is 13.9. The summed E-state index contributed by atoms with van der Waals surface area (Å²) < 4.78 is 0. The van der Waals surface area contributed by atoms with Crippen LogP contribution in [0, 0.1) is 0 Å². The number of hydrogen-bond donors (Lipinski definition) is 9. The highest BCUT2D eigenvalue weighted by Crippen LogP contribution is 2.20. The van der Waals surface area contributed by atoms with E-state index in [0.717, 1.165) is 16.3 Å². The van der Waals surface area contributed by atoms with E-state index >= 15 is 0 Å². The normalized spacial score (nSPS) is 21.2. The molecule has 0 aliphatic carbocycles. The van der Waals surface area contributed by atoms with E-state index in [9.17, 15) is 33.9 Å². The first-order valence-corrected chi connectivity index (χ1v) is 19.2. The van der Waals surface area contributed by atoms with Crippen molar-refractivity contribution in [2.24, 2.45) is 22.2 Å². The molecule has 57 heavy (non-hydrogen) atoms. The zero-order chi connectivity index (χ0) is 41.6. The highest BCUT2D eigenvalue weighted by molar-refractivity contribution is 7.80.